The predicted octanol–water partition coefficient (Wildman–Crippen LogP) is 4.40. The molecular formula is C16H24N4S. The highest BCUT2D eigenvalue weighted by molar-refractivity contribution is 7.10. The monoisotopic (exact) mass is 304 g/mol. The number of anilines is 2. The molecule has 0 fully saturated rings. The van der Waals surface area contributed by atoms with Crippen molar-refractivity contribution in [1.82, 2.24) is 9.97 Å². The third kappa shape index (κ3) is 3.73. The van der Waals surface area contributed by atoms with E-state index in [1.165, 1.54) is 4.88 Å². The van der Waals surface area contributed by atoms with E-state index in [0.717, 1.165) is 42.3 Å². The van der Waals surface area contributed by atoms with Crippen LogP contribution >= 0.6 is 11.3 Å². The molecule has 2 rings (SSSR count). The fourth-order valence-electron chi connectivity index (χ4n) is 2.31. The van der Waals surface area contributed by atoms with E-state index in [1.807, 2.05) is 7.05 Å². The highest BCUT2D eigenvalue weighted by Gasteiger charge is 2.15. The molecule has 1 atom stereocenters. The van der Waals surface area contributed by atoms with E-state index >= 15 is 0 Å². The Balaban J connectivity index is 2.31. The molecule has 0 bridgehead atoms. The second-order valence-electron chi connectivity index (χ2n) is 5.08. The molecule has 2 heterocycles. The summed E-state index contributed by atoms with van der Waals surface area (Å²) in [5.41, 5.74) is 1.08. The third-order valence-electron chi connectivity index (χ3n) is 3.51. The molecule has 21 heavy (non-hydrogen) atoms. The Morgan fingerprint density at radius 2 is 2.00 bits per heavy atom. The Morgan fingerprint density at radius 3 is 2.57 bits per heavy atom. The largest absolute Gasteiger partial charge is 0.373 e. The Labute approximate surface area is 131 Å². The third-order valence-corrected chi connectivity index (χ3v) is 4.49. The van der Waals surface area contributed by atoms with Crippen molar-refractivity contribution in [3.8, 4) is 0 Å². The van der Waals surface area contributed by atoms with Gasteiger partial charge < -0.3 is 10.6 Å². The Kier molecular flexibility index (Phi) is 5.56. The van der Waals surface area contributed by atoms with Gasteiger partial charge in [0.25, 0.3) is 0 Å². The van der Waals surface area contributed by atoms with Crippen LogP contribution in [0.4, 0.5) is 11.6 Å². The molecule has 5 heteroatoms. The minimum atomic E-state index is 0.304. The van der Waals surface area contributed by atoms with Crippen LogP contribution in [0.25, 0.3) is 0 Å². The van der Waals surface area contributed by atoms with Crippen LogP contribution in [-0.2, 0) is 6.42 Å². The smallest absolute Gasteiger partial charge is 0.135 e. The minimum Gasteiger partial charge on any atom is -0.373 e. The normalized spacial score (nSPS) is 12.2. The lowest BCUT2D eigenvalue weighted by Gasteiger charge is -2.19. The molecule has 0 aliphatic heterocycles. The summed E-state index contributed by atoms with van der Waals surface area (Å²) in [5, 5.41) is 8.88. The van der Waals surface area contributed by atoms with E-state index < -0.39 is 0 Å². The van der Waals surface area contributed by atoms with Gasteiger partial charge in [-0.1, -0.05) is 19.9 Å². The first-order chi connectivity index (χ1) is 10.2. The highest BCUT2D eigenvalue weighted by Crippen LogP contribution is 2.28. The summed E-state index contributed by atoms with van der Waals surface area (Å²) in [6.07, 6.45) is 2.98. The van der Waals surface area contributed by atoms with Crippen molar-refractivity contribution in [1.29, 1.82) is 0 Å². The van der Waals surface area contributed by atoms with Crippen LogP contribution < -0.4 is 10.6 Å². The Hall–Kier alpha value is -1.62. The van der Waals surface area contributed by atoms with E-state index in [2.05, 4.69) is 53.9 Å². The van der Waals surface area contributed by atoms with Gasteiger partial charge in [-0.3, -0.25) is 0 Å². The maximum absolute atomic E-state index is 4.71. The van der Waals surface area contributed by atoms with Gasteiger partial charge in [0.05, 0.1) is 6.04 Å². The maximum atomic E-state index is 4.71. The first-order valence-electron chi connectivity index (χ1n) is 7.54. The highest BCUT2D eigenvalue weighted by atomic mass is 32.1. The summed E-state index contributed by atoms with van der Waals surface area (Å²) >= 11 is 1.78. The first-order valence-corrected chi connectivity index (χ1v) is 8.42. The lowest BCUT2D eigenvalue weighted by atomic mass is 10.1. The number of hydrogen-bond acceptors (Lipinski definition) is 5. The molecule has 0 amide bonds. The molecule has 0 saturated carbocycles. The maximum Gasteiger partial charge on any atom is 0.135 e. The van der Waals surface area contributed by atoms with E-state index in [0.29, 0.717) is 6.04 Å². The molecule has 0 radical (unpaired) electrons. The van der Waals surface area contributed by atoms with E-state index in [-0.39, 0.29) is 0 Å². The molecule has 4 nitrogen and oxygen atoms in total. The lowest BCUT2D eigenvalue weighted by molar-refractivity contribution is 0.749. The number of nitrogens with one attached hydrogen (secondary N) is 2. The van der Waals surface area contributed by atoms with Crippen molar-refractivity contribution >= 4 is 23.0 Å². The molecule has 2 N–H and O–H groups in total. The van der Waals surface area contributed by atoms with Gasteiger partial charge in [0.2, 0.25) is 0 Å². The molecule has 0 saturated heterocycles. The topological polar surface area (TPSA) is 49.8 Å². The van der Waals surface area contributed by atoms with Gasteiger partial charge in [0.1, 0.15) is 17.5 Å². The lowest BCUT2D eigenvalue weighted by Crippen LogP contribution is -2.14. The van der Waals surface area contributed by atoms with Crippen molar-refractivity contribution in [3.63, 3.8) is 0 Å². The standard InChI is InChI=1S/C16H24N4S/c1-5-8-14-19-15(17-4)11(3)16(20-14)18-12(6-2)13-9-7-10-21-13/h7,9-10,12H,5-6,8H2,1-4H3,(H2,17,18,19,20). The number of aryl methyl sites for hydroxylation is 1. The number of hydrogen-bond donors (Lipinski definition) is 2. The van der Waals surface area contributed by atoms with Crippen molar-refractivity contribution in [2.24, 2.45) is 0 Å². The van der Waals surface area contributed by atoms with Crippen molar-refractivity contribution in [2.75, 3.05) is 17.7 Å². The predicted molar refractivity (Wildman–Crippen MR) is 91.3 cm³/mol. The van der Waals surface area contributed by atoms with Gasteiger partial charge in [0.15, 0.2) is 0 Å². The zero-order valence-corrected chi connectivity index (χ0v) is 14.0. The second kappa shape index (κ2) is 7.41. The van der Waals surface area contributed by atoms with Gasteiger partial charge in [-0.15, -0.1) is 11.3 Å². The van der Waals surface area contributed by atoms with E-state index in [1.54, 1.807) is 11.3 Å². The van der Waals surface area contributed by atoms with Crippen LogP contribution in [0.1, 0.15) is 49.0 Å². The zero-order chi connectivity index (χ0) is 15.2. The van der Waals surface area contributed by atoms with Crippen molar-refractivity contribution < 1.29 is 0 Å². The Morgan fingerprint density at radius 1 is 1.24 bits per heavy atom. The van der Waals surface area contributed by atoms with Gasteiger partial charge in [-0.2, -0.15) is 0 Å². The summed E-state index contributed by atoms with van der Waals surface area (Å²) < 4.78 is 0. The van der Waals surface area contributed by atoms with E-state index in [4.69, 9.17) is 4.98 Å². The van der Waals surface area contributed by atoms with Crippen LogP contribution in [-0.4, -0.2) is 17.0 Å². The van der Waals surface area contributed by atoms with Crippen LogP contribution in [0.2, 0.25) is 0 Å². The number of thiophene rings is 1. The minimum absolute atomic E-state index is 0.304. The summed E-state index contributed by atoms with van der Waals surface area (Å²) in [6.45, 7) is 6.40. The summed E-state index contributed by atoms with van der Waals surface area (Å²) in [7, 11) is 1.91. The summed E-state index contributed by atoms with van der Waals surface area (Å²) in [5.74, 6) is 2.76. The average Bonchev–Trinajstić information content (AvgIpc) is 3.01. The molecule has 2 aromatic rings. The molecule has 0 aliphatic rings. The Bertz CT molecular complexity index is 566. The summed E-state index contributed by atoms with van der Waals surface area (Å²) in [6, 6.07) is 4.57. The SMILES string of the molecule is CCCc1nc(NC)c(C)c(NC(CC)c2cccs2)n1. The van der Waals surface area contributed by atoms with Crippen LogP contribution in [0, 0.1) is 6.92 Å². The summed E-state index contributed by atoms with van der Waals surface area (Å²) in [4.78, 5) is 10.6. The number of aromatic nitrogens is 2. The zero-order valence-electron chi connectivity index (χ0n) is 13.2. The molecule has 0 aromatic carbocycles. The molecule has 0 aliphatic carbocycles. The quantitative estimate of drug-likeness (QED) is 0.796. The molecular weight excluding hydrogens is 280 g/mol. The number of nitrogens with zero attached hydrogens (tertiary/aromatic N) is 2. The van der Waals surface area contributed by atoms with E-state index in [9.17, 15) is 0 Å². The number of rotatable bonds is 7. The fraction of sp³-hybridized carbons (Fsp3) is 0.500. The average molecular weight is 304 g/mol. The van der Waals surface area contributed by atoms with Crippen LogP contribution in [0.3, 0.4) is 0 Å². The van der Waals surface area contributed by atoms with Gasteiger partial charge >= 0.3 is 0 Å². The van der Waals surface area contributed by atoms with Crippen LogP contribution in [0.5, 0.6) is 0 Å². The van der Waals surface area contributed by atoms with Gasteiger partial charge in [0, 0.05) is 23.9 Å². The molecule has 1 unspecified atom stereocenters. The van der Waals surface area contributed by atoms with Gasteiger partial charge in [-0.25, -0.2) is 9.97 Å². The van der Waals surface area contributed by atoms with Crippen molar-refractivity contribution in [3.05, 3.63) is 33.8 Å². The van der Waals surface area contributed by atoms with Crippen LogP contribution in [0.15, 0.2) is 17.5 Å². The molecule has 0 spiro atoms. The molecule has 114 valence electrons. The second-order valence-corrected chi connectivity index (χ2v) is 6.06. The first kappa shape index (κ1) is 15.8. The molecule has 2 aromatic heterocycles. The fourth-order valence-corrected chi connectivity index (χ4v) is 3.17. The van der Waals surface area contributed by atoms with Gasteiger partial charge in [-0.05, 0) is 31.2 Å². The van der Waals surface area contributed by atoms with Crippen molar-refractivity contribution in [2.45, 2.75) is 46.1 Å².